The van der Waals surface area contributed by atoms with E-state index in [4.69, 9.17) is 11.6 Å². The number of alkyl halides is 3. The van der Waals surface area contributed by atoms with Gasteiger partial charge in [-0.1, -0.05) is 11.6 Å². The quantitative estimate of drug-likeness (QED) is 0.712. The van der Waals surface area contributed by atoms with Crippen LogP contribution in [0.5, 0.6) is 0 Å². The lowest BCUT2D eigenvalue weighted by Crippen LogP contribution is -2.38. The molecule has 4 rings (SSSR count). The molecule has 0 radical (unpaired) electrons. The highest BCUT2D eigenvalue weighted by atomic mass is 35.5. The van der Waals surface area contributed by atoms with Crippen LogP contribution >= 0.6 is 22.9 Å². The van der Waals surface area contributed by atoms with Gasteiger partial charge in [0.1, 0.15) is 10.0 Å². The van der Waals surface area contributed by atoms with Crippen LogP contribution in [0.3, 0.4) is 0 Å². The lowest BCUT2D eigenvalue weighted by molar-refractivity contribution is -0.137. The summed E-state index contributed by atoms with van der Waals surface area (Å²) in [6, 6.07) is 2.90. The van der Waals surface area contributed by atoms with E-state index in [0.717, 1.165) is 54.1 Å². The summed E-state index contributed by atoms with van der Waals surface area (Å²) in [5.74, 6) is 0.585. The number of likely N-dealkylation sites (tertiary alicyclic amines) is 1. The summed E-state index contributed by atoms with van der Waals surface area (Å²) < 4.78 is 38.6. The second kappa shape index (κ2) is 8.20. The van der Waals surface area contributed by atoms with Crippen LogP contribution in [0.1, 0.15) is 53.1 Å². The van der Waals surface area contributed by atoms with Gasteiger partial charge in [0.15, 0.2) is 0 Å². The van der Waals surface area contributed by atoms with Gasteiger partial charge in [-0.25, -0.2) is 0 Å². The van der Waals surface area contributed by atoms with Gasteiger partial charge in [-0.15, -0.1) is 21.5 Å². The first-order valence-corrected chi connectivity index (χ1v) is 10.7. The van der Waals surface area contributed by atoms with Crippen LogP contribution in [0, 0.1) is 0 Å². The number of nitrogens with one attached hydrogen (secondary N) is 1. The normalized spacial score (nSPS) is 18.8. The summed E-state index contributed by atoms with van der Waals surface area (Å²) >= 11 is 7.65. The van der Waals surface area contributed by atoms with Crippen molar-refractivity contribution in [3.8, 4) is 0 Å². The Labute approximate surface area is 175 Å². The molecule has 1 aliphatic carbocycles. The van der Waals surface area contributed by atoms with Gasteiger partial charge in [0, 0.05) is 11.8 Å². The molecule has 0 spiro atoms. The maximum atomic E-state index is 12.9. The molecule has 1 saturated heterocycles. The topological polar surface area (TPSA) is 58.1 Å². The van der Waals surface area contributed by atoms with Gasteiger partial charge in [-0.05, 0) is 57.0 Å². The Morgan fingerprint density at radius 2 is 1.76 bits per heavy atom. The van der Waals surface area contributed by atoms with Gasteiger partial charge >= 0.3 is 6.18 Å². The summed E-state index contributed by atoms with van der Waals surface area (Å²) in [6.45, 7) is 1.57. The van der Waals surface area contributed by atoms with E-state index in [-0.39, 0.29) is 23.2 Å². The predicted octanol–water partition coefficient (Wildman–Crippen LogP) is 4.91. The second-order valence-corrected chi connectivity index (χ2v) is 8.99. The summed E-state index contributed by atoms with van der Waals surface area (Å²) in [5.41, 5.74) is -0.872. The third-order valence-corrected chi connectivity index (χ3v) is 6.83. The van der Waals surface area contributed by atoms with E-state index in [2.05, 4.69) is 15.5 Å². The van der Waals surface area contributed by atoms with Crippen molar-refractivity contribution < 1.29 is 18.0 Å². The fourth-order valence-electron chi connectivity index (χ4n) is 3.44. The number of hydrogen-bond donors (Lipinski definition) is 1. The van der Waals surface area contributed by atoms with E-state index >= 15 is 0 Å². The molecule has 1 aromatic carbocycles. The van der Waals surface area contributed by atoms with Crippen LogP contribution in [0.15, 0.2) is 18.2 Å². The standard InChI is InChI=1S/C19H20ClF3N4OS/c20-14-4-3-13(19(21,22)23)9-15(14)24-16(28)10-27-7-5-12(6-8-27)18-26-25-17(29-18)11-1-2-11/h3-4,9,11-12H,1-2,5-8,10H2,(H,24,28). The van der Waals surface area contributed by atoms with Gasteiger partial charge in [-0.2, -0.15) is 13.2 Å². The summed E-state index contributed by atoms with van der Waals surface area (Å²) in [6.07, 6.45) is -0.306. The molecule has 1 aliphatic heterocycles. The maximum absolute atomic E-state index is 12.9. The molecule has 1 aromatic heterocycles. The fraction of sp³-hybridized carbons (Fsp3) is 0.526. The van der Waals surface area contributed by atoms with E-state index in [1.807, 2.05) is 4.90 Å². The highest BCUT2D eigenvalue weighted by molar-refractivity contribution is 7.11. The Morgan fingerprint density at radius 3 is 2.34 bits per heavy atom. The van der Waals surface area contributed by atoms with Crippen molar-refractivity contribution >= 4 is 34.5 Å². The van der Waals surface area contributed by atoms with Crippen molar-refractivity contribution in [2.24, 2.45) is 0 Å². The molecule has 2 aliphatic rings. The first kappa shape index (κ1) is 20.6. The fourth-order valence-corrected chi connectivity index (χ4v) is 4.78. The van der Waals surface area contributed by atoms with Crippen molar-refractivity contribution in [3.63, 3.8) is 0 Å². The SMILES string of the molecule is O=C(CN1CCC(c2nnc(C3CC3)s2)CC1)Nc1cc(C(F)(F)F)ccc1Cl. The lowest BCUT2D eigenvalue weighted by atomic mass is 9.98. The third-order valence-electron chi connectivity index (χ3n) is 5.25. The Hall–Kier alpha value is -1.71. The van der Waals surface area contributed by atoms with Gasteiger partial charge < -0.3 is 5.32 Å². The van der Waals surface area contributed by atoms with Crippen LogP contribution in [0.25, 0.3) is 0 Å². The number of carbonyl (C=O) groups is 1. The monoisotopic (exact) mass is 444 g/mol. The van der Waals surface area contributed by atoms with Crippen LogP contribution in [-0.2, 0) is 11.0 Å². The zero-order valence-electron chi connectivity index (χ0n) is 15.5. The molecule has 1 saturated carbocycles. The van der Waals surface area contributed by atoms with E-state index in [1.54, 1.807) is 11.3 Å². The molecule has 156 valence electrons. The average molecular weight is 445 g/mol. The molecule has 2 fully saturated rings. The van der Waals surface area contributed by atoms with Gasteiger partial charge in [0.25, 0.3) is 0 Å². The molecule has 0 unspecified atom stereocenters. The molecular formula is C19H20ClF3N4OS. The Bertz CT molecular complexity index is 892. The smallest absolute Gasteiger partial charge is 0.324 e. The summed E-state index contributed by atoms with van der Waals surface area (Å²) in [5, 5.41) is 13.4. The Balaban J connectivity index is 1.29. The van der Waals surface area contributed by atoms with Gasteiger partial charge in [0.2, 0.25) is 5.91 Å². The molecule has 2 heterocycles. The Kier molecular flexibility index (Phi) is 5.81. The second-order valence-electron chi connectivity index (χ2n) is 7.54. The van der Waals surface area contributed by atoms with Crippen molar-refractivity contribution in [1.82, 2.24) is 15.1 Å². The van der Waals surface area contributed by atoms with Crippen LogP contribution < -0.4 is 5.32 Å². The molecular weight excluding hydrogens is 425 g/mol. The van der Waals surface area contributed by atoms with Crippen LogP contribution in [0.4, 0.5) is 18.9 Å². The van der Waals surface area contributed by atoms with Crippen molar-refractivity contribution in [3.05, 3.63) is 38.8 Å². The Morgan fingerprint density at radius 1 is 1.14 bits per heavy atom. The van der Waals surface area contributed by atoms with E-state index in [9.17, 15) is 18.0 Å². The van der Waals surface area contributed by atoms with Gasteiger partial charge in [-0.3, -0.25) is 9.69 Å². The van der Waals surface area contributed by atoms with Crippen LogP contribution in [0.2, 0.25) is 5.02 Å². The molecule has 1 amide bonds. The lowest BCUT2D eigenvalue weighted by Gasteiger charge is -2.30. The molecule has 5 nitrogen and oxygen atoms in total. The first-order chi connectivity index (χ1) is 13.8. The number of carbonyl (C=O) groups excluding carboxylic acids is 1. The summed E-state index contributed by atoms with van der Waals surface area (Å²) in [4.78, 5) is 14.3. The molecule has 10 heteroatoms. The first-order valence-electron chi connectivity index (χ1n) is 9.52. The van der Waals surface area contributed by atoms with E-state index in [1.165, 1.54) is 12.8 Å². The zero-order chi connectivity index (χ0) is 20.6. The van der Waals surface area contributed by atoms with Crippen molar-refractivity contribution in [2.45, 2.75) is 43.7 Å². The van der Waals surface area contributed by atoms with E-state index < -0.39 is 11.7 Å². The maximum Gasteiger partial charge on any atom is 0.416 e. The largest absolute Gasteiger partial charge is 0.416 e. The third kappa shape index (κ3) is 5.07. The van der Waals surface area contributed by atoms with Crippen LogP contribution in [-0.4, -0.2) is 40.6 Å². The molecule has 1 N–H and O–H groups in total. The predicted molar refractivity (Wildman–Crippen MR) is 105 cm³/mol. The highest BCUT2D eigenvalue weighted by Gasteiger charge is 2.32. The number of aromatic nitrogens is 2. The molecule has 2 aromatic rings. The van der Waals surface area contributed by atoms with Gasteiger partial charge in [0.05, 0.1) is 22.8 Å². The number of halogens is 4. The van der Waals surface area contributed by atoms with Crippen molar-refractivity contribution in [1.29, 1.82) is 0 Å². The average Bonchev–Trinajstić information content (AvgIpc) is 3.40. The highest BCUT2D eigenvalue weighted by Crippen LogP contribution is 2.43. The number of rotatable bonds is 5. The number of hydrogen-bond acceptors (Lipinski definition) is 5. The minimum Gasteiger partial charge on any atom is -0.324 e. The number of benzene rings is 1. The molecule has 29 heavy (non-hydrogen) atoms. The molecule has 0 bridgehead atoms. The van der Waals surface area contributed by atoms with Crippen molar-refractivity contribution in [2.75, 3.05) is 25.0 Å². The minimum atomic E-state index is -4.49. The number of piperidine rings is 1. The minimum absolute atomic E-state index is 0.0251. The van der Waals surface area contributed by atoms with E-state index in [0.29, 0.717) is 11.8 Å². The number of amides is 1. The number of anilines is 1. The number of nitrogens with zero attached hydrogens (tertiary/aromatic N) is 3. The zero-order valence-corrected chi connectivity index (χ0v) is 17.1. The summed E-state index contributed by atoms with van der Waals surface area (Å²) in [7, 11) is 0. The molecule has 0 atom stereocenters.